The zero-order chi connectivity index (χ0) is 19.7. The highest BCUT2D eigenvalue weighted by atomic mass is 16.5. The number of phenols is 1. The van der Waals surface area contributed by atoms with E-state index in [0.717, 1.165) is 5.56 Å². The van der Waals surface area contributed by atoms with Crippen molar-refractivity contribution >= 4 is 11.0 Å². The molecule has 4 aromatic rings. The number of fused-ring (bicyclic) bond motifs is 1. The zero-order valence-corrected chi connectivity index (χ0v) is 15.3. The summed E-state index contributed by atoms with van der Waals surface area (Å²) in [5, 5.41) is 10.4. The Morgan fingerprint density at radius 1 is 1.14 bits per heavy atom. The van der Waals surface area contributed by atoms with Crippen molar-refractivity contribution in [1.82, 2.24) is 4.98 Å². The Bertz CT molecular complexity index is 1190. The van der Waals surface area contributed by atoms with Gasteiger partial charge in [0.25, 0.3) is 0 Å². The van der Waals surface area contributed by atoms with E-state index in [1.807, 2.05) is 30.3 Å². The summed E-state index contributed by atoms with van der Waals surface area (Å²) in [7, 11) is 1.43. The van der Waals surface area contributed by atoms with Crippen LogP contribution in [0.2, 0.25) is 0 Å². The van der Waals surface area contributed by atoms with Crippen molar-refractivity contribution in [3.63, 3.8) is 0 Å². The molecule has 7 nitrogen and oxygen atoms in total. The molecule has 2 heterocycles. The molecule has 1 N–H and O–H groups in total. The largest absolute Gasteiger partial charge is 0.507 e. The van der Waals surface area contributed by atoms with E-state index in [2.05, 4.69) is 4.98 Å². The molecule has 0 spiro atoms. The maximum atomic E-state index is 12.6. The summed E-state index contributed by atoms with van der Waals surface area (Å²) >= 11 is 0. The second-order valence-electron chi connectivity index (χ2n) is 6.13. The molecular weight excluding hydrogens is 362 g/mol. The van der Waals surface area contributed by atoms with Crippen LogP contribution in [-0.4, -0.2) is 17.2 Å². The topological polar surface area (TPSA) is 94.9 Å². The average Bonchev–Trinajstić information content (AvgIpc) is 3.12. The minimum absolute atomic E-state index is 0.0239. The van der Waals surface area contributed by atoms with Crippen LogP contribution in [0.4, 0.5) is 0 Å². The minimum Gasteiger partial charge on any atom is -0.507 e. The minimum atomic E-state index is -0.384. The summed E-state index contributed by atoms with van der Waals surface area (Å²) in [5.74, 6) is 1.53. The third-order valence-corrected chi connectivity index (χ3v) is 4.18. The number of hydrogen-bond donors (Lipinski definition) is 1. The van der Waals surface area contributed by atoms with Gasteiger partial charge in [-0.05, 0) is 6.92 Å². The van der Waals surface area contributed by atoms with E-state index in [1.54, 1.807) is 13.1 Å². The van der Waals surface area contributed by atoms with E-state index in [4.69, 9.17) is 18.3 Å². The summed E-state index contributed by atoms with van der Waals surface area (Å²) in [6, 6.07) is 11.8. The summed E-state index contributed by atoms with van der Waals surface area (Å²) in [6.07, 6.45) is 1.58. The molecule has 0 unspecified atom stereocenters. The average molecular weight is 379 g/mol. The lowest BCUT2D eigenvalue weighted by Crippen LogP contribution is -2.04. The molecule has 0 bridgehead atoms. The fourth-order valence-electron chi connectivity index (χ4n) is 2.92. The fourth-order valence-corrected chi connectivity index (χ4v) is 2.92. The third-order valence-electron chi connectivity index (χ3n) is 4.18. The van der Waals surface area contributed by atoms with E-state index in [9.17, 15) is 9.90 Å². The lowest BCUT2D eigenvalue weighted by atomic mass is 10.1. The molecule has 0 fully saturated rings. The number of aryl methyl sites for hydroxylation is 1. The number of ether oxygens (including phenoxy) is 2. The van der Waals surface area contributed by atoms with Crippen LogP contribution in [0.15, 0.2) is 62.3 Å². The molecule has 0 saturated carbocycles. The number of hydrogen-bond acceptors (Lipinski definition) is 7. The number of aromatic hydroxyl groups is 1. The van der Waals surface area contributed by atoms with Crippen molar-refractivity contribution in [2.45, 2.75) is 13.5 Å². The highest BCUT2D eigenvalue weighted by molar-refractivity contribution is 5.91. The highest BCUT2D eigenvalue weighted by Crippen LogP contribution is 2.41. The molecule has 0 atom stereocenters. The first-order valence-corrected chi connectivity index (χ1v) is 8.54. The standard InChI is InChI=1S/C21H17NO6/c1-12-10-22-18(27-12)11-26-17-9-15(24)19-14(23)8-16(13-6-4-3-5-7-13)28-21(19)20(17)25-2/h3-10,24H,11H2,1-2H3. The number of benzene rings is 2. The Labute approximate surface area is 159 Å². The van der Waals surface area contributed by atoms with Gasteiger partial charge in [0.05, 0.1) is 13.3 Å². The lowest BCUT2D eigenvalue weighted by Gasteiger charge is -2.13. The van der Waals surface area contributed by atoms with Gasteiger partial charge in [-0.15, -0.1) is 0 Å². The SMILES string of the molecule is COc1c(OCc2ncc(C)o2)cc(O)c2c(=O)cc(-c3ccccc3)oc12. The second kappa shape index (κ2) is 7.11. The van der Waals surface area contributed by atoms with Crippen LogP contribution >= 0.6 is 0 Å². The van der Waals surface area contributed by atoms with Crippen LogP contribution < -0.4 is 14.9 Å². The Morgan fingerprint density at radius 3 is 2.61 bits per heavy atom. The Balaban J connectivity index is 1.84. The van der Waals surface area contributed by atoms with Crippen molar-refractivity contribution in [1.29, 1.82) is 0 Å². The Kier molecular flexibility index (Phi) is 4.49. The van der Waals surface area contributed by atoms with Gasteiger partial charge < -0.3 is 23.4 Å². The van der Waals surface area contributed by atoms with Gasteiger partial charge in [-0.3, -0.25) is 4.79 Å². The van der Waals surface area contributed by atoms with Crippen molar-refractivity contribution in [2.75, 3.05) is 7.11 Å². The molecule has 142 valence electrons. The van der Waals surface area contributed by atoms with Crippen LogP contribution in [0.1, 0.15) is 11.7 Å². The molecular formula is C21H17NO6. The molecule has 4 rings (SSSR count). The Hall–Kier alpha value is -3.74. The number of methoxy groups -OCH3 is 1. The van der Waals surface area contributed by atoms with Gasteiger partial charge in [-0.25, -0.2) is 4.98 Å². The predicted octanol–water partition coefficient (Wildman–Crippen LogP) is 4.05. The first kappa shape index (κ1) is 17.7. The van der Waals surface area contributed by atoms with E-state index >= 15 is 0 Å². The molecule has 0 aliphatic rings. The monoisotopic (exact) mass is 379 g/mol. The van der Waals surface area contributed by atoms with Crippen molar-refractivity contribution in [2.24, 2.45) is 0 Å². The molecule has 0 amide bonds. The zero-order valence-electron chi connectivity index (χ0n) is 15.3. The molecule has 2 aromatic heterocycles. The number of oxazole rings is 1. The number of rotatable bonds is 5. The molecule has 7 heteroatoms. The van der Waals surface area contributed by atoms with E-state index in [0.29, 0.717) is 17.4 Å². The quantitative estimate of drug-likeness (QED) is 0.559. The molecule has 28 heavy (non-hydrogen) atoms. The molecule has 0 radical (unpaired) electrons. The van der Waals surface area contributed by atoms with Crippen LogP contribution in [0.3, 0.4) is 0 Å². The number of phenolic OH excluding ortho intramolecular Hbond substituents is 1. The summed E-state index contributed by atoms with van der Waals surface area (Å²) in [6.45, 7) is 1.80. The second-order valence-corrected chi connectivity index (χ2v) is 6.13. The van der Waals surface area contributed by atoms with Crippen LogP contribution in [0.25, 0.3) is 22.3 Å². The van der Waals surface area contributed by atoms with Crippen LogP contribution in [-0.2, 0) is 6.61 Å². The van der Waals surface area contributed by atoms with Gasteiger partial charge in [0, 0.05) is 17.7 Å². The van der Waals surface area contributed by atoms with Gasteiger partial charge in [0.1, 0.15) is 22.7 Å². The van der Waals surface area contributed by atoms with Crippen LogP contribution in [0, 0.1) is 6.92 Å². The fraction of sp³-hybridized carbons (Fsp3) is 0.143. The third kappa shape index (κ3) is 3.18. The first-order chi connectivity index (χ1) is 13.6. The normalized spacial score (nSPS) is 10.9. The molecule has 2 aromatic carbocycles. The number of nitrogens with zero attached hydrogens (tertiary/aromatic N) is 1. The number of aromatic nitrogens is 1. The smallest absolute Gasteiger partial charge is 0.232 e. The predicted molar refractivity (Wildman–Crippen MR) is 102 cm³/mol. The highest BCUT2D eigenvalue weighted by Gasteiger charge is 2.20. The Morgan fingerprint density at radius 2 is 1.93 bits per heavy atom. The van der Waals surface area contributed by atoms with Crippen LogP contribution in [0.5, 0.6) is 17.2 Å². The maximum Gasteiger partial charge on any atom is 0.232 e. The maximum absolute atomic E-state index is 12.6. The van der Waals surface area contributed by atoms with Gasteiger partial charge in [-0.2, -0.15) is 0 Å². The molecule has 0 aliphatic heterocycles. The molecule has 0 aliphatic carbocycles. The van der Waals surface area contributed by atoms with E-state index < -0.39 is 0 Å². The van der Waals surface area contributed by atoms with Crippen molar-refractivity contribution < 1.29 is 23.4 Å². The summed E-state index contributed by atoms with van der Waals surface area (Å²) in [5.41, 5.74) is 0.447. The van der Waals surface area contributed by atoms with Crippen molar-refractivity contribution in [3.05, 3.63) is 70.5 Å². The van der Waals surface area contributed by atoms with Crippen molar-refractivity contribution in [3.8, 4) is 28.6 Å². The first-order valence-electron chi connectivity index (χ1n) is 8.54. The van der Waals surface area contributed by atoms with Gasteiger partial charge in [0.2, 0.25) is 11.6 Å². The molecule has 0 saturated heterocycles. The van der Waals surface area contributed by atoms with Gasteiger partial charge in [-0.1, -0.05) is 30.3 Å². The van der Waals surface area contributed by atoms with E-state index in [-0.39, 0.29) is 40.3 Å². The van der Waals surface area contributed by atoms with E-state index in [1.165, 1.54) is 19.2 Å². The summed E-state index contributed by atoms with van der Waals surface area (Å²) in [4.78, 5) is 16.7. The summed E-state index contributed by atoms with van der Waals surface area (Å²) < 4.78 is 22.4. The van der Waals surface area contributed by atoms with Gasteiger partial charge in [0.15, 0.2) is 23.4 Å². The van der Waals surface area contributed by atoms with Gasteiger partial charge >= 0.3 is 0 Å². The lowest BCUT2D eigenvalue weighted by molar-refractivity contribution is 0.247.